The summed E-state index contributed by atoms with van der Waals surface area (Å²) >= 11 is 0. The molecule has 0 unspecified atom stereocenters. The summed E-state index contributed by atoms with van der Waals surface area (Å²) < 4.78 is 6.23. The second-order valence-corrected chi connectivity index (χ2v) is 13.5. The van der Waals surface area contributed by atoms with Gasteiger partial charge in [0.05, 0.1) is 17.8 Å². The van der Waals surface area contributed by atoms with Crippen LogP contribution >= 0.6 is 0 Å². The van der Waals surface area contributed by atoms with Crippen molar-refractivity contribution in [3.05, 3.63) is 0 Å². The molecule has 3 nitrogen and oxygen atoms in total. The Morgan fingerprint density at radius 1 is 0.969 bits per heavy atom. The van der Waals surface area contributed by atoms with Crippen LogP contribution in [0.1, 0.15) is 113 Å². The molecule has 0 aliphatic heterocycles. The minimum atomic E-state index is -0.327. The first kappa shape index (κ1) is 26.5. The molecule has 3 aliphatic rings. The Morgan fingerprint density at radius 3 is 2.25 bits per heavy atom. The number of ether oxygens (including phenoxy) is 1. The molecule has 0 amide bonds. The van der Waals surface area contributed by atoms with Crippen molar-refractivity contribution >= 4 is 0 Å². The van der Waals surface area contributed by atoms with E-state index >= 15 is 0 Å². The highest BCUT2D eigenvalue weighted by atomic mass is 16.5. The van der Waals surface area contributed by atoms with Gasteiger partial charge in [0, 0.05) is 13.0 Å². The summed E-state index contributed by atoms with van der Waals surface area (Å²) in [7, 11) is 0. The SMILES string of the molecule is CC(C)CCC[C@@H](C)[C@H]1CC[C@@H]2[C@@H]1CC[C@H]([C@]1(C)CC[C@H](OC(C)(C)C)C[C@H]1O)[C@@H]2CO. The van der Waals surface area contributed by atoms with E-state index in [1.165, 1.54) is 44.9 Å². The zero-order valence-electron chi connectivity index (χ0n) is 22.3. The fraction of sp³-hybridized carbons (Fsp3) is 1.00. The molecule has 0 bridgehead atoms. The third-order valence-electron chi connectivity index (χ3n) is 9.81. The molecule has 0 aromatic carbocycles. The molecule has 0 spiro atoms. The van der Waals surface area contributed by atoms with Crippen LogP contribution < -0.4 is 0 Å². The number of aliphatic hydroxyl groups excluding tert-OH is 2. The number of fused-ring (bicyclic) bond motifs is 1. The zero-order valence-corrected chi connectivity index (χ0v) is 22.3. The van der Waals surface area contributed by atoms with Gasteiger partial charge < -0.3 is 14.9 Å². The van der Waals surface area contributed by atoms with Crippen LogP contribution in [0, 0.1) is 46.8 Å². The zero-order chi connectivity index (χ0) is 23.7. The molecule has 188 valence electrons. The van der Waals surface area contributed by atoms with Crippen molar-refractivity contribution < 1.29 is 14.9 Å². The normalized spacial score (nSPS) is 41.6. The maximum Gasteiger partial charge on any atom is 0.0621 e. The molecule has 3 rings (SSSR count). The van der Waals surface area contributed by atoms with Crippen LogP contribution in [0.5, 0.6) is 0 Å². The Hall–Kier alpha value is -0.120. The number of rotatable bonds is 8. The van der Waals surface area contributed by atoms with E-state index in [-0.39, 0.29) is 23.2 Å². The van der Waals surface area contributed by atoms with Crippen LogP contribution in [0.15, 0.2) is 0 Å². The van der Waals surface area contributed by atoms with E-state index in [0.29, 0.717) is 24.4 Å². The Balaban J connectivity index is 1.64. The maximum atomic E-state index is 11.3. The lowest BCUT2D eigenvalue weighted by Gasteiger charge is -2.54. The van der Waals surface area contributed by atoms with Gasteiger partial charge in [-0.05, 0) is 106 Å². The first-order chi connectivity index (χ1) is 15.0. The average Bonchev–Trinajstić information content (AvgIpc) is 3.13. The Morgan fingerprint density at radius 2 is 1.66 bits per heavy atom. The summed E-state index contributed by atoms with van der Waals surface area (Å²) in [6, 6.07) is 0. The van der Waals surface area contributed by atoms with Crippen molar-refractivity contribution in [3.8, 4) is 0 Å². The van der Waals surface area contributed by atoms with Crippen LogP contribution in [0.3, 0.4) is 0 Å². The lowest BCUT2D eigenvalue weighted by Crippen LogP contribution is -2.52. The number of hydrogen-bond acceptors (Lipinski definition) is 3. The van der Waals surface area contributed by atoms with Gasteiger partial charge in [-0.25, -0.2) is 0 Å². The van der Waals surface area contributed by atoms with Crippen LogP contribution in [-0.2, 0) is 4.74 Å². The van der Waals surface area contributed by atoms with Gasteiger partial charge >= 0.3 is 0 Å². The Bertz CT molecular complexity index is 581. The van der Waals surface area contributed by atoms with Crippen molar-refractivity contribution in [1.82, 2.24) is 0 Å². The van der Waals surface area contributed by atoms with E-state index in [4.69, 9.17) is 4.74 Å². The summed E-state index contributed by atoms with van der Waals surface area (Å²) in [5, 5.41) is 21.9. The van der Waals surface area contributed by atoms with Crippen molar-refractivity contribution in [1.29, 1.82) is 0 Å². The molecule has 0 saturated heterocycles. The summed E-state index contributed by atoms with van der Waals surface area (Å²) in [5.74, 6) is 4.71. The molecule has 32 heavy (non-hydrogen) atoms. The molecule has 0 aromatic heterocycles. The lowest BCUT2D eigenvalue weighted by atomic mass is 9.53. The van der Waals surface area contributed by atoms with Crippen molar-refractivity contribution in [2.45, 2.75) is 130 Å². The predicted octanol–water partition coefficient (Wildman–Crippen LogP) is 6.84. The summed E-state index contributed by atoms with van der Waals surface area (Å²) in [5.41, 5.74) is -0.244. The largest absolute Gasteiger partial charge is 0.396 e. The lowest BCUT2D eigenvalue weighted by molar-refractivity contribution is -0.154. The molecule has 3 saturated carbocycles. The van der Waals surface area contributed by atoms with Crippen molar-refractivity contribution in [3.63, 3.8) is 0 Å². The van der Waals surface area contributed by atoms with Gasteiger partial charge in [-0.2, -0.15) is 0 Å². The molecule has 0 radical (unpaired) electrons. The van der Waals surface area contributed by atoms with Crippen LogP contribution in [-0.4, -0.2) is 34.6 Å². The van der Waals surface area contributed by atoms with E-state index < -0.39 is 0 Å². The third kappa shape index (κ3) is 5.92. The van der Waals surface area contributed by atoms with Crippen LogP contribution in [0.4, 0.5) is 0 Å². The number of aliphatic hydroxyl groups is 2. The van der Waals surface area contributed by atoms with Gasteiger partial charge in [-0.15, -0.1) is 0 Å². The molecule has 3 heteroatoms. The molecule has 9 atom stereocenters. The van der Waals surface area contributed by atoms with Gasteiger partial charge in [-0.3, -0.25) is 0 Å². The minimum Gasteiger partial charge on any atom is -0.396 e. The second-order valence-electron chi connectivity index (χ2n) is 13.5. The van der Waals surface area contributed by atoms with Gasteiger partial charge in [0.2, 0.25) is 0 Å². The molecule has 3 aliphatic carbocycles. The highest BCUT2D eigenvalue weighted by Crippen LogP contribution is 2.59. The molecular weight excluding hydrogens is 396 g/mol. The van der Waals surface area contributed by atoms with E-state index in [1.807, 2.05) is 0 Å². The molecule has 0 heterocycles. The van der Waals surface area contributed by atoms with Crippen LogP contribution in [0.25, 0.3) is 0 Å². The Labute approximate surface area is 199 Å². The molecule has 3 fully saturated rings. The second kappa shape index (κ2) is 10.6. The highest BCUT2D eigenvalue weighted by molar-refractivity contribution is 5.03. The maximum absolute atomic E-state index is 11.3. The molecular formula is C29H54O3. The summed E-state index contributed by atoms with van der Waals surface area (Å²) in [6.07, 6.45) is 11.8. The molecule has 0 aromatic rings. The van der Waals surface area contributed by atoms with E-state index in [1.54, 1.807) is 0 Å². The average molecular weight is 451 g/mol. The van der Waals surface area contributed by atoms with Gasteiger partial charge in [0.1, 0.15) is 0 Å². The van der Waals surface area contributed by atoms with Crippen molar-refractivity contribution in [2.75, 3.05) is 6.61 Å². The van der Waals surface area contributed by atoms with E-state index in [9.17, 15) is 10.2 Å². The fourth-order valence-electron chi connectivity index (χ4n) is 8.14. The fourth-order valence-corrected chi connectivity index (χ4v) is 8.14. The quantitative estimate of drug-likeness (QED) is 0.425. The van der Waals surface area contributed by atoms with Crippen LogP contribution in [0.2, 0.25) is 0 Å². The number of hydrogen-bond donors (Lipinski definition) is 2. The van der Waals surface area contributed by atoms with E-state index in [2.05, 4.69) is 48.5 Å². The van der Waals surface area contributed by atoms with Gasteiger partial charge in [0.15, 0.2) is 0 Å². The first-order valence-corrected chi connectivity index (χ1v) is 13.9. The monoisotopic (exact) mass is 450 g/mol. The predicted molar refractivity (Wildman–Crippen MR) is 133 cm³/mol. The van der Waals surface area contributed by atoms with Gasteiger partial charge in [0.25, 0.3) is 0 Å². The summed E-state index contributed by atoms with van der Waals surface area (Å²) in [4.78, 5) is 0. The molecule has 2 N–H and O–H groups in total. The topological polar surface area (TPSA) is 49.7 Å². The highest BCUT2D eigenvalue weighted by Gasteiger charge is 2.54. The third-order valence-corrected chi connectivity index (χ3v) is 9.81. The van der Waals surface area contributed by atoms with E-state index in [0.717, 1.165) is 42.9 Å². The Kier molecular flexibility index (Phi) is 8.81. The van der Waals surface area contributed by atoms with Crippen molar-refractivity contribution in [2.24, 2.45) is 46.8 Å². The smallest absolute Gasteiger partial charge is 0.0621 e. The standard InChI is InChI=1S/C29H54O3/c1-19(2)9-8-10-20(3)22-11-12-24-23(22)13-14-26(25(24)18-30)29(7)16-15-21(17-27(29)31)32-28(4,5)6/h19-27,30-31H,8-18H2,1-7H3/t20-,21+,22-,23-,24-,25-,26+,27-,29+/m1/s1. The first-order valence-electron chi connectivity index (χ1n) is 13.9. The summed E-state index contributed by atoms with van der Waals surface area (Å²) in [6.45, 7) is 16.1. The minimum absolute atomic E-state index is 0.0862. The van der Waals surface area contributed by atoms with Gasteiger partial charge in [-0.1, -0.05) is 47.0 Å².